The Hall–Kier alpha value is -0.780. The fourth-order valence-electron chi connectivity index (χ4n) is 2.99. The summed E-state index contributed by atoms with van der Waals surface area (Å²) in [4.78, 5) is 2.53. The first-order valence-corrected chi connectivity index (χ1v) is 8.92. The van der Waals surface area contributed by atoms with Gasteiger partial charge in [0.2, 0.25) is 0 Å². The lowest BCUT2D eigenvalue weighted by atomic mass is 9.94. The van der Waals surface area contributed by atoms with Crippen molar-refractivity contribution in [2.24, 2.45) is 5.92 Å². The molecule has 1 aliphatic heterocycles. The Balaban J connectivity index is 2.33. The Kier molecular flexibility index (Phi) is 6.53. The van der Waals surface area contributed by atoms with Crippen molar-refractivity contribution in [3.63, 3.8) is 0 Å². The number of halogens is 1. The Bertz CT molecular complexity index is 488. The zero-order valence-corrected chi connectivity index (χ0v) is 15.3. The average molecular weight is 371 g/mol. The quantitative estimate of drug-likeness (QED) is 0.803. The van der Waals surface area contributed by atoms with E-state index in [4.69, 9.17) is 4.74 Å². The molecule has 2 rings (SSSR count). The first-order chi connectivity index (χ1) is 10.5. The van der Waals surface area contributed by atoms with Crippen LogP contribution in [0.3, 0.4) is 0 Å². The van der Waals surface area contributed by atoms with Crippen LogP contribution in [0.1, 0.15) is 38.8 Å². The molecule has 2 N–H and O–H groups in total. The van der Waals surface area contributed by atoms with Gasteiger partial charge < -0.3 is 15.2 Å². The molecule has 5 heteroatoms. The fraction of sp³-hybridized carbons (Fsp3) is 0.647. The van der Waals surface area contributed by atoms with Crippen LogP contribution in [0.4, 0.5) is 0 Å². The molecule has 0 bridgehead atoms. The molecule has 0 amide bonds. The van der Waals surface area contributed by atoms with Crippen molar-refractivity contribution < 1.29 is 9.84 Å². The number of rotatable bonds is 6. The van der Waals surface area contributed by atoms with Gasteiger partial charge in [0.1, 0.15) is 0 Å². The van der Waals surface area contributed by atoms with Gasteiger partial charge in [-0.1, -0.05) is 13.8 Å². The van der Waals surface area contributed by atoms with Crippen LogP contribution in [0.5, 0.6) is 11.5 Å². The summed E-state index contributed by atoms with van der Waals surface area (Å²) in [6, 6.07) is 4.39. The highest BCUT2D eigenvalue weighted by Crippen LogP contribution is 2.39. The van der Waals surface area contributed by atoms with Crippen LogP contribution >= 0.6 is 15.9 Å². The molecule has 1 aromatic rings. The largest absolute Gasteiger partial charge is 0.503 e. The van der Waals surface area contributed by atoms with Gasteiger partial charge in [-0.15, -0.1) is 0 Å². The van der Waals surface area contributed by atoms with E-state index in [1.54, 1.807) is 0 Å². The van der Waals surface area contributed by atoms with Crippen molar-refractivity contribution in [2.45, 2.75) is 33.2 Å². The molecule has 0 spiro atoms. The minimum absolute atomic E-state index is 0.189. The van der Waals surface area contributed by atoms with Gasteiger partial charge in [0.05, 0.1) is 11.1 Å². The Morgan fingerprint density at radius 2 is 2.00 bits per heavy atom. The van der Waals surface area contributed by atoms with Gasteiger partial charge in [0.25, 0.3) is 0 Å². The van der Waals surface area contributed by atoms with E-state index < -0.39 is 0 Å². The topological polar surface area (TPSA) is 44.7 Å². The molecule has 1 aromatic carbocycles. The third-order valence-corrected chi connectivity index (χ3v) is 4.63. The third-order valence-electron chi connectivity index (χ3n) is 4.02. The van der Waals surface area contributed by atoms with Gasteiger partial charge >= 0.3 is 0 Å². The minimum atomic E-state index is 0.189. The summed E-state index contributed by atoms with van der Waals surface area (Å²) in [7, 11) is 0. The first-order valence-electron chi connectivity index (χ1n) is 8.12. The zero-order valence-electron chi connectivity index (χ0n) is 13.7. The summed E-state index contributed by atoms with van der Waals surface area (Å²) in [6.45, 7) is 11.2. The standard InChI is InChI=1S/C17H27BrN2O2/c1-4-22-16-11-13(10-14(18)17(16)21)15(9-12(2)3)20-7-5-19-6-8-20/h10-12,15,19,21H,4-9H2,1-3H3/t15-/m1/s1. The fourth-order valence-corrected chi connectivity index (χ4v) is 3.45. The maximum atomic E-state index is 10.1. The van der Waals surface area contributed by atoms with E-state index in [-0.39, 0.29) is 5.75 Å². The summed E-state index contributed by atoms with van der Waals surface area (Å²) >= 11 is 3.46. The minimum Gasteiger partial charge on any atom is -0.503 e. The summed E-state index contributed by atoms with van der Waals surface area (Å²) < 4.78 is 6.30. The molecule has 0 radical (unpaired) electrons. The van der Waals surface area contributed by atoms with Crippen molar-refractivity contribution in [1.29, 1.82) is 0 Å². The molecular weight excluding hydrogens is 344 g/mol. The van der Waals surface area contributed by atoms with E-state index in [1.807, 2.05) is 19.1 Å². The molecule has 1 heterocycles. The van der Waals surface area contributed by atoms with Gasteiger partial charge in [0.15, 0.2) is 11.5 Å². The van der Waals surface area contributed by atoms with E-state index in [1.165, 1.54) is 5.56 Å². The highest BCUT2D eigenvalue weighted by molar-refractivity contribution is 9.10. The number of piperazine rings is 1. The lowest BCUT2D eigenvalue weighted by molar-refractivity contribution is 0.153. The highest BCUT2D eigenvalue weighted by atomic mass is 79.9. The lowest BCUT2D eigenvalue weighted by Crippen LogP contribution is -2.45. The van der Waals surface area contributed by atoms with Crippen LogP contribution in [0, 0.1) is 5.92 Å². The molecule has 0 unspecified atom stereocenters. The van der Waals surface area contributed by atoms with E-state index in [2.05, 4.69) is 40.0 Å². The second-order valence-electron chi connectivity index (χ2n) is 6.21. The third kappa shape index (κ3) is 4.37. The number of aromatic hydroxyl groups is 1. The lowest BCUT2D eigenvalue weighted by Gasteiger charge is -2.36. The van der Waals surface area contributed by atoms with E-state index in [0.717, 1.165) is 32.6 Å². The second-order valence-corrected chi connectivity index (χ2v) is 7.07. The molecular formula is C17H27BrN2O2. The normalized spacial score (nSPS) is 17.7. The molecule has 0 aliphatic carbocycles. The summed E-state index contributed by atoms with van der Waals surface area (Å²) in [5, 5.41) is 13.5. The molecule has 124 valence electrons. The predicted octanol–water partition coefficient (Wildman–Crippen LogP) is 3.55. The highest BCUT2D eigenvalue weighted by Gasteiger charge is 2.25. The van der Waals surface area contributed by atoms with Gasteiger partial charge in [-0.25, -0.2) is 0 Å². The SMILES string of the molecule is CCOc1cc([C@@H](CC(C)C)N2CCNCC2)cc(Br)c1O. The number of nitrogens with zero attached hydrogens (tertiary/aromatic N) is 1. The van der Waals surface area contributed by atoms with Crippen molar-refractivity contribution >= 4 is 15.9 Å². The monoisotopic (exact) mass is 370 g/mol. The summed E-state index contributed by atoms with van der Waals surface area (Å²) in [5.74, 6) is 1.37. The Morgan fingerprint density at radius 3 is 2.59 bits per heavy atom. The van der Waals surface area contributed by atoms with Crippen LogP contribution in [0.2, 0.25) is 0 Å². The molecule has 1 fully saturated rings. The average Bonchev–Trinajstić information content (AvgIpc) is 2.50. The van der Waals surface area contributed by atoms with Crippen LogP contribution < -0.4 is 10.1 Å². The van der Waals surface area contributed by atoms with Gasteiger partial charge in [-0.2, -0.15) is 0 Å². The van der Waals surface area contributed by atoms with Crippen molar-refractivity contribution in [2.75, 3.05) is 32.8 Å². The molecule has 1 saturated heterocycles. The Labute approximate surface area is 142 Å². The van der Waals surface area contributed by atoms with Crippen LogP contribution in [-0.2, 0) is 0 Å². The number of phenols is 1. The number of ether oxygens (including phenoxy) is 1. The van der Waals surface area contributed by atoms with Gasteiger partial charge in [-0.3, -0.25) is 4.90 Å². The number of phenolic OH excluding ortho intramolecular Hbond substituents is 1. The zero-order chi connectivity index (χ0) is 16.1. The van der Waals surface area contributed by atoms with Crippen molar-refractivity contribution in [3.05, 3.63) is 22.2 Å². The molecule has 1 atom stereocenters. The summed E-state index contributed by atoms with van der Waals surface area (Å²) in [5.41, 5.74) is 1.21. The maximum absolute atomic E-state index is 10.1. The number of hydrogen-bond acceptors (Lipinski definition) is 4. The van der Waals surface area contributed by atoms with Crippen molar-refractivity contribution in [3.8, 4) is 11.5 Å². The van der Waals surface area contributed by atoms with E-state index >= 15 is 0 Å². The summed E-state index contributed by atoms with van der Waals surface area (Å²) in [6.07, 6.45) is 1.10. The second kappa shape index (κ2) is 8.18. The Morgan fingerprint density at radius 1 is 1.32 bits per heavy atom. The van der Waals surface area contributed by atoms with Crippen LogP contribution in [0.25, 0.3) is 0 Å². The number of benzene rings is 1. The molecule has 0 aromatic heterocycles. The number of hydrogen-bond donors (Lipinski definition) is 2. The van der Waals surface area contributed by atoms with E-state index in [0.29, 0.717) is 28.8 Å². The molecule has 22 heavy (non-hydrogen) atoms. The molecule has 4 nitrogen and oxygen atoms in total. The van der Waals surface area contributed by atoms with Crippen LogP contribution in [0.15, 0.2) is 16.6 Å². The van der Waals surface area contributed by atoms with E-state index in [9.17, 15) is 5.11 Å². The number of nitrogens with one attached hydrogen (secondary N) is 1. The molecule has 0 saturated carbocycles. The van der Waals surface area contributed by atoms with Gasteiger partial charge in [0, 0.05) is 32.2 Å². The van der Waals surface area contributed by atoms with Crippen molar-refractivity contribution in [1.82, 2.24) is 10.2 Å². The van der Waals surface area contributed by atoms with Gasteiger partial charge in [-0.05, 0) is 52.9 Å². The smallest absolute Gasteiger partial charge is 0.172 e. The van der Waals surface area contributed by atoms with Crippen LogP contribution in [-0.4, -0.2) is 42.8 Å². The predicted molar refractivity (Wildman–Crippen MR) is 93.6 cm³/mol. The first kappa shape index (κ1) is 17.6. The maximum Gasteiger partial charge on any atom is 0.172 e. The molecule has 1 aliphatic rings.